The van der Waals surface area contributed by atoms with Gasteiger partial charge in [0, 0.05) is 0 Å². The summed E-state index contributed by atoms with van der Waals surface area (Å²) in [5, 5.41) is 9.68. The Labute approximate surface area is 91.8 Å². The average molecular weight is 214 g/mol. The number of rotatable bonds is 3. The van der Waals surface area contributed by atoms with Gasteiger partial charge in [0.1, 0.15) is 6.10 Å². The Morgan fingerprint density at radius 3 is 2.53 bits per heavy atom. The van der Waals surface area contributed by atoms with Gasteiger partial charge in [-0.15, -0.1) is 0 Å². The molecular weight excluding hydrogens is 192 g/mol. The third-order valence-electron chi connectivity index (χ3n) is 3.36. The van der Waals surface area contributed by atoms with Crippen molar-refractivity contribution in [2.75, 3.05) is 0 Å². The maximum absolute atomic E-state index is 11.8. The first kappa shape index (κ1) is 12.5. The lowest BCUT2D eigenvalue weighted by Crippen LogP contribution is -2.38. The number of ether oxygens (including phenoxy) is 1. The Morgan fingerprint density at radius 1 is 1.40 bits per heavy atom. The highest BCUT2D eigenvalue weighted by atomic mass is 16.6. The van der Waals surface area contributed by atoms with Crippen molar-refractivity contribution in [2.45, 2.75) is 65.1 Å². The first-order chi connectivity index (χ1) is 6.97. The van der Waals surface area contributed by atoms with Crippen LogP contribution in [0.1, 0.15) is 52.9 Å². The zero-order valence-electron chi connectivity index (χ0n) is 9.95. The summed E-state index contributed by atoms with van der Waals surface area (Å²) in [5.41, 5.74) is -0.433. The molecule has 1 aliphatic carbocycles. The second kappa shape index (κ2) is 4.97. The van der Waals surface area contributed by atoms with Crippen LogP contribution >= 0.6 is 0 Å². The molecule has 1 N–H and O–H groups in total. The van der Waals surface area contributed by atoms with E-state index < -0.39 is 11.5 Å². The summed E-state index contributed by atoms with van der Waals surface area (Å²) < 4.78 is 5.37. The minimum Gasteiger partial charge on any atom is -0.459 e. The van der Waals surface area contributed by atoms with Crippen LogP contribution in [-0.4, -0.2) is 23.3 Å². The molecular formula is C12H22O3. The standard InChI is InChI=1S/C12H22O3/c1-4-12(2,3)11(14)15-10-8-6-5-7-9(10)13/h9-10,13H,4-8H2,1-3H3. The van der Waals surface area contributed by atoms with E-state index in [2.05, 4.69) is 0 Å². The maximum Gasteiger partial charge on any atom is 0.311 e. The molecule has 3 nitrogen and oxygen atoms in total. The summed E-state index contributed by atoms with van der Waals surface area (Å²) in [6, 6.07) is 0. The van der Waals surface area contributed by atoms with E-state index >= 15 is 0 Å². The first-order valence-electron chi connectivity index (χ1n) is 5.86. The van der Waals surface area contributed by atoms with Crippen molar-refractivity contribution in [1.82, 2.24) is 0 Å². The summed E-state index contributed by atoms with van der Waals surface area (Å²) in [6.07, 6.45) is 3.65. The molecule has 0 aromatic heterocycles. The van der Waals surface area contributed by atoms with Crippen molar-refractivity contribution in [3.05, 3.63) is 0 Å². The van der Waals surface area contributed by atoms with Gasteiger partial charge in [-0.1, -0.05) is 13.3 Å². The normalized spacial score (nSPS) is 27.5. The topological polar surface area (TPSA) is 46.5 Å². The monoisotopic (exact) mass is 214 g/mol. The Morgan fingerprint density at radius 2 is 2.00 bits per heavy atom. The van der Waals surface area contributed by atoms with Gasteiger partial charge in [0.2, 0.25) is 0 Å². The van der Waals surface area contributed by atoms with E-state index in [1.165, 1.54) is 0 Å². The molecule has 0 heterocycles. The Balaban J connectivity index is 2.50. The van der Waals surface area contributed by atoms with Gasteiger partial charge in [0.05, 0.1) is 11.5 Å². The lowest BCUT2D eigenvalue weighted by molar-refractivity contribution is -0.168. The maximum atomic E-state index is 11.8. The predicted molar refractivity (Wildman–Crippen MR) is 58.4 cm³/mol. The fourth-order valence-electron chi connectivity index (χ4n) is 1.66. The largest absolute Gasteiger partial charge is 0.459 e. The summed E-state index contributed by atoms with van der Waals surface area (Å²) in [5.74, 6) is -0.184. The molecule has 1 fully saturated rings. The number of hydrogen-bond acceptors (Lipinski definition) is 3. The highest BCUT2D eigenvalue weighted by molar-refractivity contribution is 5.76. The van der Waals surface area contributed by atoms with Crippen LogP contribution in [0, 0.1) is 5.41 Å². The average Bonchev–Trinajstić information content (AvgIpc) is 2.21. The molecule has 0 amide bonds. The number of carbonyl (C=O) groups is 1. The number of aliphatic hydroxyl groups excluding tert-OH is 1. The molecule has 2 atom stereocenters. The summed E-state index contributed by atoms with van der Waals surface area (Å²) in [7, 11) is 0. The van der Waals surface area contributed by atoms with Gasteiger partial charge >= 0.3 is 5.97 Å². The molecule has 3 heteroatoms. The second-order valence-electron chi connectivity index (χ2n) is 5.03. The van der Waals surface area contributed by atoms with Crippen LogP contribution in [0.5, 0.6) is 0 Å². The highest BCUT2D eigenvalue weighted by Gasteiger charge is 2.33. The van der Waals surface area contributed by atoms with E-state index in [1.54, 1.807) is 0 Å². The molecule has 0 saturated heterocycles. The van der Waals surface area contributed by atoms with Crippen molar-refractivity contribution in [3.63, 3.8) is 0 Å². The smallest absolute Gasteiger partial charge is 0.311 e. The van der Waals surface area contributed by atoms with E-state index in [-0.39, 0.29) is 12.1 Å². The van der Waals surface area contributed by atoms with E-state index in [9.17, 15) is 9.90 Å². The molecule has 15 heavy (non-hydrogen) atoms. The molecule has 88 valence electrons. The lowest BCUT2D eigenvalue weighted by atomic mass is 9.89. The molecule has 0 aliphatic heterocycles. The molecule has 0 aromatic carbocycles. The predicted octanol–water partition coefficient (Wildman–Crippen LogP) is 2.27. The van der Waals surface area contributed by atoms with Crippen LogP contribution in [0.15, 0.2) is 0 Å². The molecule has 0 bridgehead atoms. The Bertz CT molecular complexity index is 223. The van der Waals surface area contributed by atoms with Gasteiger partial charge in [-0.05, 0) is 39.5 Å². The van der Waals surface area contributed by atoms with Crippen LogP contribution in [0.3, 0.4) is 0 Å². The lowest BCUT2D eigenvalue weighted by Gasteiger charge is -2.30. The van der Waals surface area contributed by atoms with Crippen LogP contribution in [0.4, 0.5) is 0 Å². The third kappa shape index (κ3) is 3.20. The van der Waals surface area contributed by atoms with Crippen LogP contribution in [0.2, 0.25) is 0 Å². The van der Waals surface area contributed by atoms with Gasteiger partial charge < -0.3 is 9.84 Å². The Hall–Kier alpha value is -0.570. The second-order valence-corrected chi connectivity index (χ2v) is 5.03. The van der Waals surface area contributed by atoms with E-state index in [1.807, 2.05) is 20.8 Å². The molecule has 0 aromatic rings. The molecule has 1 saturated carbocycles. The van der Waals surface area contributed by atoms with Crippen molar-refractivity contribution in [1.29, 1.82) is 0 Å². The minimum atomic E-state index is -0.463. The SMILES string of the molecule is CCC(C)(C)C(=O)OC1CCCCC1O. The third-order valence-corrected chi connectivity index (χ3v) is 3.36. The Kier molecular flexibility index (Phi) is 4.14. The number of esters is 1. The van der Waals surface area contributed by atoms with Gasteiger partial charge in [-0.25, -0.2) is 0 Å². The zero-order chi connectivity index (χ0) is 11.5. The van der Waals surface area contributed by atoms with Gasteiger partial charge in [-0.2, -0.15) is 0 Å². The van der Waals surface area contributed by atoms with Crippen molar-refractivity contribution < 1.29 is 14.6 Å². The molecule has 1 aliphatic rings. The fourth-order valence-corrected chi connectivity index (χ4v) is 1.66. The molecule has 0 radical (unpaired) electrons. The van der Waals surface area contributed by atoms with Crippen molar-refractivity contribution in [3.8, 4) is 0 Å². The van der Waals surface area contributed by atoms with E-state index in [4.69, 9.17) is 4.74 Å². The van der Waals surface area contributed by atoms with Crippen LogP contribution in [0.25, 0.3) is 0 Å². The fraction of sp³-hybridized carbons (Fsp3) is 0.917. The summed E-state index contributed by atoms with van der Waals surface area (Å²) in [6.45, 7) is 5.73. The molecule has 1 rings (SSSR count). The van der Waals surface area contributed by atoms with Crippen LogP contribution in [-0.2, 0) is 9.53 Å². The highest BCUT2D eigenvalue weighted by Crippen LogP contribution is 2.27. The molecule has 2 unspecified atom stereocenters. The summed E-state index contributed by atoms with van der Waals surface area (Å²) in [4.78, 5) is 11.8. The quantitative estimate of drug-likeness (QED) is 0.733. The minimum absolute atomic E-state index is 0.184. The van der Waals surface area contributed by atoms with Gasteiger partial charge in [0.15, 0.2) is 0 Å². The van der Waals surface area contributed by atoms with Gasteiger partial charge in [-0.3, -0.25) is 4.79 Å². The first-order valence-corrected chi connectivity index (χ1v) is 5.86. The number of aliphatic hydroxyl groups is 1. The molecule has 0 spiro atoms. The van der Waals surface area contributed by atoms with Crippen molar-refractivity contribution in [2.24, 2.45) is 5.41 Å². The van der Waals surface area contributed by atoms with Crippen LogP contribution < -0.4 is 0 Å². The van der Waals surface area contributed by atoms with E-state index in [0.717, 1.165) is 32.1 Å². The van der Waals surface area contributed by atoms with E-state index in [0.29, 0.717) is 0 Å². The number of carbonyl (C=O) groups excluding carboxylic acids is 1. The number of hydrogen-bond donors (Lipinski definition) is 1. The van der Waals surface area contributed by atoms with Crippen molar-refractivity contribution >= 4 is 5.97 Å². The summed E-state index contributed by atoms with van der Waals surface area (Å²) >= 11 is 0. The zero-order valence-corrected chi connectivity index (χ0v) is 9.95. The van der Waals surface area contributed by atoms with Gasteiger partial charge in [0.25, 0.3) is 0 Å².